The van der Waals surface area contributed by atoms with Crippen LogP contribution in [-0.2, 0) is 6.54 Å². The third-order valence-corrected chi connectivity index (χ3v) is 4.34. The molecule has 0 aromatic heterocycles. The number of nitrogens with one attached hydrogen (secondary N) is 1. The number of aliphatic hydroxyl groups excluding tert-OH is 1. The van der Waals surface area contributed by atoms with Crippen LogP contribution < -0.4 is 10.1 Å². The van der Waals surface area contributed by atoms with E-state index in [1.54, 1.807) is 0 Å². The van der Waals surface area contributed by atoms with E-state index >= 15 is 0 Å². The summed E-state index contributed by atoms with van der Waals surface area (Å²) in [5.41, 5.74) is 1.29. The van der Waals surface area contributed by atoms with Crippen molar-refractivity contribution in [1.29, 1.82) is 0 Å². The van der Waals surface area contributed by atoms with Crippen LogP contribution in [-0.4, -0.2) is 24.9 Å². The van der Waals surface area contributed by atoms with E-state index < -0.39 is 0 Å². The largest absolute Gasteiger partial charge is 0.494 e. The van der Waals surface area contributed by atoms with Crippen LogP contribution >= 0.6 is 0 Å². The Hall–Kier alpha value is -1.06. The number of para-hydroxylation sites is 1. The van der Waals surface area contributed by atoms with Crippen LogP contribution in [0.2, 0.25) is 0 Å². The maximum absolute atomic E-state index is 9.71. The van der Waals surface area contributed by atoms with Gasteiger partial charge in [-0.15, -0.1) is 0 Å². The first-order valence-electron chi connectivity index (χ1n) is 7.82. The van der Waals surface area contributed by atoms with Crippen molar-refractivity contribution < 1.29 is 9.84 Å². The Bertz CT molecular complexity index is 400. The second-order valence-electron chi connectivity index (χ2n) is 5.86. The van der Waals surface area contributed by atoms with Gasteiger partial charge in [0.15, 0.2) is 0 Å². The minimum atomic E-state index is 0.0960. The van der Waals surface area contributed by atoms with E-state index in [1.165, 1.54) is 24.8 Å². The van der Waals surface area contributed by atoms with Crippen LogP contribution in [0.1, 0.15) is 44.6 Å². The maximum Gasteiger partial charge on any atom is 0.123 e. The molecule has 1 aromatic rings. The normalized spacial score (nSPS) is 17.9. The highest BCUT2D eigenvalue weighted by molar-refractivity contribution is 5.33. The molecule has 3 heteroatoms. The average Bonchev–Trinajstić information content (AvgIpc) is 2.50. The topological polar surface area (TPSA) is 41.5 Å². The van der Waals surface area contributed by atoms with Gasteiger partial charge in [-0.05, 0) is 25.8 Å². The lowest BCUT2D eigenvalue weighted by molar-refractivity contribution is 0.0810. The van der Waals surface area contributed by atoms with Gasteiger partial charge in [-0.25, -0.2) is 0 Å². The van der Waals surface area contributed by atoms with Crippen molar-refractivity contribution in [2.45, 2.75) is 45.6 Å². The molecule has 0 unspecified atom stereocenters. The Balaban J connectivity index is 1.88. The monoisotopic (exact) mass is 277 g/mol. The fourth-order valence-corrected chi connectivity index (χ4v) is 3.10. The third-order valence-electron chi connectivity index (χ3n) is 4.34. The molecule has 112 valence electrons. The molecule has 1 aromatic carbocycles. The van der Waals surface area contributed by atoms with Gasteiger partial charge in [0.05, 0.1) is 6.61 Å². The molecular formula is C17H27NO2. The van der Waals surface area contributed by atoms with Crippen molar-refractivity contribution in [3.63, 3.8) is 0 Å². The zero-order chi connectivity index (χ0) is 14.3. The highest BCUT2D eigenvalue weighted by Crippen LogP contribution is 2.35. The number of ether oxygens (including phenoxy) is 1. The van der Waals surface area contributed by atoms with Crippen LogP contribution in [0.5, 0.6) is 5.75 Å². The summed E-state index contributed by atoms with van der Waals surface area (Å²) in [5.74, 6) is 0.962. The number of hydrogen-bond acceptors (Lipinski definition) is 3. The molecule has 1 aliphatic carbocycles. The van der Waals surface area contributed by atoms with Crippen molar-refractivity contribution >= 4 is 0 Å². The molecule has 3 nitrogen and oxygen atoms in total. The minimum Gasteiger partial charge on any atom is -0.494 e. The summed E-state index contributed by atoms with van der Waals surface area (Å²) >= 11 is 0. The van der Waals surface area contributed by atoms with Gasteiger partial charge in [0.1, 0.15) is 5.75 Å². The van der Waals surface area contributed by atoms with Gasteiger partial charge in [0.2, 0.25) is 0 Å². The number of aliphatic hydroxyl groups is 1. The lowest BCUT2D eigenvalue weighted by Gasteiger charge is -2.35. The van der Waals surface area contributed by atoms with Crippen LogP contribution in [0.25, 0.3) is 0 Å². The summed E-state index contributed by atoms with van der Waals surface area (Å²) in [5, 5.41) is 13.2. The second-order valence-corrected chi connectivity index (χ2v) is 5.86. The summed E-state index contributed by atoms with van der Waals surface area (Å²) in [6, 6.07) is 8.17. The van der Waals surface area contributed by atoms with Gasteiger partial charge in [-0.1, -0.05) is 37.5 Å². The zero-order valence-electron chi connectivity index (χ0n) is 12.5. The Labute approximate surface area is 122 Å². The van der Waals surface area contributed by atoms with Crippen molar-refractivity contribution in [2.24, 2.45) is 5.41 Å². The molecule has 0 heterocycles. The molecule has 0 radical (unpaired) electrons. The fourth-order valence-electron chi connectivity index (χ4n) is 3.10. The third kappa shape index (κ3) is 3.97. The number of rotatable bonds is 7. The Morgan fingerprint density at radius 1 is 1.20 bits per heavy atom. The van der Waals surface area contributed by atoms with E-state index in [-0.39, 0.29) is 5.41 Å². The minimum absolute atomic E-state index is 0.0960. The average molecular weight is 277 g/mol. The van der Waals surface area contributed by atoms with Gasteiger partial charge in [-0.2, -0.15) is 0 Å². The van der Waals surface area contributed by atoms with E-state index in [2.05, 4.69) is 11.4 Å². The number of benzene rings is 1. The van der Waals surface area contributed by atoms with E-state index in [0.717, 1.165) is 31.7 Å². The molecule has 1 fully saturated rings. The molecule has 1 aliphatic rings. The number of hydrogen-bond donors (Lipinski definition) is 2. The highest BCUT2D eigenvalue weighted by Gasteiger charge is 2.30. The maximum atomic E-state index is 9.71. The molecule has 0 bridgehead atoms. The first kappa shape index (κ1) is 15.3. The molecular weight excluding hydrogens is 250 g/mol. The summed E-state index contributed by atoms with van der Waals surface area (Å²) in [4.78, 5) is 0. The quantitative estimate of drug-likeness (QED) is 0.804. The van der Waals surface area contributed by atoms with Gasteiger partial charge in [-0.3, -0.25) is 0 Å². The van der Waals surface area contributed by atoms with Gasteiger partial charge < -0.3 is 15.2 Å². The lowest BCUT2D eigenvalue weighted by atomic mass is 9.74. The summed E-state index contributed by atoms with van der Waals surface area (Å²) in [6.45, 7) is 4.69. The highest BCUT2D eigenvalue weighted by atomic mass is 16.5. The van der Waals surface area contributed by atoms with E-state index in [9.17, 15) is 5.11 Å². The molecule has 0 aliphatic heterocycles. The molecule has 0 saturated heterocycles. The Morgan fingerprint density at radius 3 is 2.65 bits per heavy atom. The van der Waals surface area contributed by atoms with E-state index in [4.69, 9.17) is 4.74 Å². The SMILES string of the molecule is CCOc1ccccc1CNCC1(CO)CCCCC1. The summed E-state index contributed by atoms with van der Waals surface area (Å²) in [7, 11) is 0. The van der Waals surface area contributed by atoms with Crippen LogP contribution in [0, 0.1) is 5.41 Å². The molecule has 2 rings (SSSR count). The Kier molecular flexibility index (Phi) is 5.86. The molecule has 0 atom stereocenters. The van der Waals surface area contributed by atoms with Crippen molar-refractivity contribution in [3.8, 4) is 5.75 Å². The van der Waals surface area contributed by atoms with Crippen LogP contribution in [0.15, 0.2) is 24.3 Å². The fraction of sp³-hybridized carbons (Fsp3) is 0.647. The van der Waals surface area contributed by atoms with Gasteiger partial charge >= 0.3 is 0 Å². The van der Waals surface area contributed by atoms with E-state index in [1.807, 2.05) is 25.1 Å². The van der Waals surface area contributed by atoms with Crippen LogP contribution in [0.3, 0.4) is 0 Å². The van der Waals surface area contributed by atoms with Gasteiger partial charge in [0.25, 0.3) is 0 Å². The first-order valence-corrected chi connectivity index (χ1v) is 7.82. The van der Waals surface area contributed by atoms with Crippen molar-refractivity contribution in [2.75, 3.05) is 19.8 Å². The van der Waals surface area contributed by atoms with Gasteiger partial charge in [0, 0.05) is 30.7 Å². The lowest BCUT2D eigenvalue weighted by Crippen LogP contribution is -2.38. The van der Waals surface area contributed by atoms with E-state index in [0.29, 0.717) is 13.2 Å². The summed E-state index contributed by atoms with van der Waals surface area (Å²) in [6.07, 6.45) is 6.09. The standard InChI is InChI=1S/C17H27NO2/c1-2-20-16-9-5-4-8-15(16)12-18-13-17(14-19)10-6-3-7-11-17/h4-5,8-9,18-19H,2-3,6-7,10-14H2,1H3. The molecule has 20 heavy (non-hydrogen) atoms. The summed E-state index contributed by atoms with van der Waals surface area (Å²) < 4.78 is 5.64. The van der Waals surface area contributed by atoms with Crippen LogP contribution in [0.4, 0.5) is 0 Å². The molecule has 0 amide bonds. The predicted molar refractivity (Wildman–Crippen MR) is 81.9 cm³/mol. The predicted octanol–water partition coefficient (Wildman–Crippen LogP) is 3.12. The molecule has 2 N–H and O–H groups in total. The smallest absolute Gasteiger partial charge is 0.123 e. The molecule has 1 saturated carbocycles. The molecule has 0 spiro atoms. The van der Waals surface area contributed by atoms with Crippen molar-refractivity contribution in [3.05, 3.63) is 29.8 Å². The van der Waals surface area contributed by atoms with Crippen molar-refractivity contribution in [1.82, 2.24) is 5.32 Å². The Morgan fingerprint density at radius 2 is 1.95 bits per heavy atom. The second kappa shape index (κ2) is 7.65. The zero-order valence-corrected chi connectivity index (χ0v) is 12.5. The first-order chi connectivity index (χ1) is 9.79.